The van der Waals surface area contributed by atoms with Crippen LogP contribution in [0.3, 0.4) is 0 Å². The first-order valence-electron chi connectivity index (χ1n) is 9.22. The van der Waals surface area contributed by atoms with Crippen molar-refractivity contribution >= 4 is 12.1 Å². The van der Waals surface area contributed by atoms with Crippen molar-refractivity contribution in [2.45, 2.75) is 89.9 Å². The zero-order valence-corrected chi connectivity index (χ0v) is 15.6. The number of ketones is 1. The number of Topliss-reactive ketones (excluding diaryl/α,β-unsaturated/α-hetero) is 1. The molecule has 2 rings (SSSR count). The first kappa shape index (κ1) is 19.3. The van der Waals surface area contributed by atoms with Crippen LogP contribution in [-0.2, 0) is 19.1 Å². The number of fused-ring (bicyclic) bond motifs is 2. The van der Waals surface area contributed by atoms with E-state index in [4.69, 9.17) is 9.47 Å². The molecule has 1 unspecified atom stereocenters. The Balaban J connectivity index is 1.79. The maximum absolute atomic E-state index is 12.1. The molecule has 2 aliphatic heterocycles. The van der Waals surface area contributed by atoms with Crippen molar-refractivity contribution in [2.24, 2.45) is 5.92 Å². The summed E-state index contributed by atoms with van der Waals surface area (Å²) in [6.07, 6.45) is 8.59. The van der Waals surface area contributed by atoms with Gasteiger partial charge in [-0.25, -0.2) is 0 Å². The number of hydrogen-bond donors (Lipinski definition) is 0. The zero-order chi connectivity index (χ0) is 17.8. The summed E-state index contributed by atoms with van der Waals surface area (Å²) in [7, 11) is 0. The molecule has 2 aliphatic rings. The number of ether oxygens (including phenoxy) is 2. The average molecular weight is 336 g/mol. The highest BCUT2D eigenvalue weighted by Gasteiger charge is 2.53. The maximum Gasteiger partial charge on any atom is 0.139 e. The number of carbonyl (C=O) groups excluding carboxylic acids is 2. The van der Waals surface area contributed by atoms with Crippen LogP contribution in [0.25, 0.3) is 0 Å². The molecule has 4 atom stereocenters. The van der Waals surface area contributed by atoms with Gasteiger partial charge in [-0.1, -0.05) is 18.6 Å². The van der Waals surface area contributed by atoms with Gasteiger partial charge >= 0.3 is 0 Å². The Morgan fingerprint density at radius 2 is 2.12 bits per heavy atom. The van der Waals surface area contributed by atoms with Gasteiger partial charge in [-0.3, -0.25) is 4.79 Å². The molecule has 4 heteroatoms. The number of carbonyl (C=O) groups is 2. The minimum absolute atomic E-state index is 0.0721. The highest BCUT2D eigenvalue weighted by Crippen LogP contribution is 2.45. The second-order valence-corrected chi connectivity index (χ2v) is 8.05. The van der Waals surface area contributed by atoms with Crippen molar-refractivity contribution < 1.29 is 19.1 Å². The first-order valence-corrected chi connectivity index (χ1v) is 9.22. The lowest BCUT2D eigenvalue weighted by molar-refractivity contribution is -0.240. The second-order valence-electron chi connectivity index (χ2n) is 8.05. The van der Waals surface area contributed by atoms with Crippen molar-refractivity contribution in [3.63, 3.8) is 0 Å². The van der Waals surface area contributed by atoms with Crippen LogP contribution in [0, 0.1) is 5.92 Å². The largest absolute Gasteiger partial charge is 0.370 e. The van der Waals surface area contributed by atoms with Gasteiger partial charge in [-0.05, 0) is 52.9 Å². The summed E-state index contributed by atoms with van der Waals surface area (Å²) in [6, 6.07) is 0. The second kappa shape index (κ2) is 7.92. The number of allylic oxidation sites excluding steroid dienone is 2. The normalized spacial score (nSPS) is 33.1. The van der Waals surface area contributed by atoms with Gasteiger partial charge in [0, 0.05) is 18.8 Å². The van der Waals surface area contributed by atoms with E-state index in [2.05, 4.69) is 6.92 Å². The van der Waals surface area contributed by atoms with Gasteiger partial charge in [-0.15, -0.1) is 0 Å². The van der Waals surface area contributed by atoms with Gasteiger partial charge in [0.05, 0.1) is 23.9 Å². The maximum atomic E-state index is 12.1. The molecule has 0 spiro atoms. The third kappa shape index (κ3) is 4.54. The summed E-state index contributed by atoms with van der Waals surface area (Å²) < 4.78 is 12.3. The van der Waals surface area contributed by atoms with E-state index in [1.807, 2.05) is 26.8 Å². The van der Waals surface area contributed by atoms with Crippen LogP contribution in [0.4, 0.5) is 0 Å². The molecule has 4 nitrogen and oxygen atoms in total. The van der Waals surface area contributed by atoms with Crippen molar-refractivity contribution in [1.82, 2.24) is 0 Å². The summed E-state index contributed by atoms with van der Waals surface area (Å²) >= 11 is 0. The van der Waals surface area contributed by atoms with Gasteiger partial charge in [0.2, 0.25) is 0 Å². The van der Waals surface area contributed by atoms with Gasteiger partial charge in [-0.2, -0.15) is 0 Å². The molecule has 0 amide bonds. The minimum Gasteiger partial charge on any atom is -0.370 e. The molecule has 24 heavy (non-hydrogen) atoms. The Morgan fingerprint density at radius 1 is 1.38 bits per heavy atom. The fourth-order valence-corrected chi connectivity index (χ4v) is 3.76. The number of hydrogen-bond acceptors (Lipinski definition) is 4. The molecule has 0 aliphatic carbocycles. The van der Waals surface area contributed by atoms with Crippen LogP contribution < -0.4 is 0 Å². The fraction of sp³-hybridized carbons (Fsp3) is 0.800. The summed E-state index contributed by atoms with van der Waals surface area (Å²) in [5, 5.41) is 0. The quantitative estimate of drug-likeness (QED) is 0.471. The lowest BCUT2D eigenvalue weighted by atomic mass is 9.88. The highest BCUT2D eigenvalue weighted by atomic mass is 16.6. The summed E-state index contributed by atoms with van der Waals surface area (Å²) in [4.78, 5) is 23.0. The molecule has 0 radical (unpaired) electrons. The van der Waals surface area contributed by atoms with Crippen LogP contribution in [-0.4, -0.2) is 36.0 Å². The Labute approximate surface area is 146 Å². The van der Waals surface area contributed by atoms with E-state index in [1.54, 1.807) is 0 Å². The van der Waals surface area contributed by atoms with Gasteiger partial charge in [0.1, 0.15) is 12.1 Å². The third-order valence-electron chi connectivity index (χ3n) is 5.63. The SMILES string of the molecule is CC(C)=CCC(=O)C(C)CCC[C@]1(C)OC[C@]2(CC=O)CC[C@H]1O2. The van der Waals surface area contributed by atoms with Crippen LogP contribution in [0.1, 0.15) is 72.6 Å². The Morgan fingerprint density at radius 3 is 2.79 bits per heavy atom. The molecule has 0 N–H and O–H groups in total. The van der Waals surface area contributed by atoms with E-state index in [0.29, 0.717) is 25.2 Å². The lowest BCUT2D eigenvalue weighted by Gasteiger charge is -2.44. The van der Waals surface area contributed by atoms with Gasteiger partial charge in [0.15, 0.2) is 0 Å². The van der Waals surface area contributed by atoms with E-state index in [0.717, 1.165) is 38.4 Å². The summed E-state index contributed by atoms with van der Waals surface area (Å²) in [5.41, 5.74) is 0.529. The molecule has 2 bridgehead atoms. The molecule has 2 saturated heterocycles. The minimum atomic E-state index is -0.375. The predicted octanol–water partition coefficient (Wildman–Crippen LogP) is 4.01. The van der Waals surface area contributed by atoms with E-state index >= 15 is 0 Å². The monoisotopic (exact) mass is 336 g/mol. The van der Waals surface area contributed by atoms with E-state index in [1.165, 1.54) is 5.57 Å². The molecule has 0 aromatic carbocycles. The van der Waals surface area contributed by atoms with Gasteiger partial charge < -0.3 is 14.3 Å². The van der Waals surface area contributed by atoms with E-state index < -0.39 is 0 Å². The standard InChI is InChI=1S/C20H32O4/c1-15(2)7-8-17(22)16(3)6-5-10-19(4)18-9-11-20(24-18,12-13-21)14-23-19/h7,13,16,18H,5-6,8-12,14H2,1-4H3/t16?,18-,19+,20-/m1/s1. The molecule has 0 aromatic rings. The number of aldehydes is 1. The Bertz CT molecular complexity index is 494. The van der Waals surface area contributed by atoms with Gasteiger partial charge in [0.25, 0.3) is 0 Å². The molecule has 136 valence electrons. The molecular weight excluding hydrogens is 304 g/mol. The summed E-state index contributed by atoms with van der Waals surface area (Å²) in [6.45, 7) is 8.68. The Hall–Kier alpha value is -1.00. The summed E-state index contributed by atoms with van der Waals surface area (Å²) in [5.74, 6) is 0.402. The van der Waals surface area contributed by atoms with Crippen LogP contribution in [0.15, 0.2) is 11.6 Å². The lowest BCUT2D eigenvalue weighted by Crippen LogP contribution is -2.52. The fourth-order valence-electron chi connectivity index (χ4n) is 3.76. The molecule has 0 aromatic heterocycles. The number of rotatable bonds is 9. The topological polar surface area (TPSA) is 52.6 Å². The first-order chi connectivity index (χ1) is 11.3. The zero-order valence-electron chi connectivity index (χ0n) is 15.6. The van der Waals surface area contributed by atoms with Crippen molar-refractivity contribution in [1.29, 1.82) is 0 Å². The van der Waals surface area contributed by atoms with Crippen LogP contribution >= 0.6 is 0 Å². The average Bonchev–Trinajstić information content (AvgIpc) is 2.91. The van der Waals surface area contributed by atoms with Crippen molar-refractivity contribution in [3.05, 3.63) is 11.6 Å². The van der Waals surface area contributed by atoms with E-state index in [-0.39, 0.29) is 23.2 Å². The van der Waals surface area contributed by atoms with Crippen LogP contribution in [0.2, 0.25) is 0 Å². The molecule has 2 heterocycles. The van der Waals surface area contributed by atoms with E-state index in [9.17, 15) is 9.59 Å². The smallest absolute Gasteiger partial charge is 0.139 e. The third-order valence-corrected chi connectivity index (χ3v) is 5.63. The van der Waals surface area contributed by atoms with Crippen molar-refractivity contribution in [2.75, 3.05) is 6.61 Å². The molecular formula is C20H32O4. The molecule has 2 fully saturated rings. The van der Waals surface area contributed by atoms with Crippen molar-refractivity contribution in [3.8, 4) is 0 Å². The predicted molar refractivity (Wildman–Crippen MR) is 93.9 cm³/mol. The highest BCUT2D eigenvalue weighted by molar-refractivity contribution is 5.82. The Kier molecular flexibility index (Phi) is 6.38. The molecule has 0 saturated carbocycles. The van der Waals surface area contributed by atoms with Crippen LogP contribution in [0.5, 0.6) is 0 Å².